The van der Waals surface area contributed by atoms with Crippen molar-refractivity contribution in [1.82, 2.24) is 0 Å². The van der Waals surface area contributed by atoms with Gasteiger partial charge in [0.25, 0.3) is 0 Å². The van der Waals surface area contributed by atoms with E-state index in [2.05, 4.69) is 4.94 Å². The standard InChI is InChI=1S/C7H10F4O2/c1-5(4-7(8,9)10)2-3-6(12)13-11/h5H,2-4H2,1H3. The highest BCUT2D eigenvalue weighted by Crippen LogP contribution is 2.26. The van der Waals surface area contributed by atoms with E-state index < -0.39 is 24.5 Å². The highest BCUT2D eigenvalue weighted by atomic mass is 19.4. The van der Waals surface area contributed by atoms with Gasteiger partial charge in [-0.25, -0.2) is 4.79 Å². The van der Waals surface area contributed by atoms with Gasteiger partial charge >= 0.3 is 12.1 Å². The molecule has 6 heteroatoms. The van der Waals surface area contributed by atoms with E-state index in [0.29, 0.717) is 0 Å². The van der Waals surface area contributed by atoms with Gasteiger partial charge < -0.3 is 0 Å². The molecule has 0 heterocycles. The Hall–Kier alpha value is -0.810. The minimum atomic E-state index is -4.24. The number of halogens is 4. The van der Waals surface area contributed by atoms with Gasteiger partial charge in [-0.3, -0.25) is 4.94 Å². The number of rotatable bonds is 4. The van der Waals surface area contributed by atoms with E-state index in [0.717, 1.165) is 0 Å². The van der Waals surface area contributed by atoms with Crippen molar-refractivity contribution < 1.29 is 27.4 Å². The molecular formula is C7H10F4O2. The molecule has 0 aliphatic carbocycles. The third kappa shape index (κ3) is 7.55. The summed E-state index contributed by atoms with van der Waals surface area (Å²) >= 11 is 0. The van der Waals surface area contributed by atoms with Crippen LogP contribution in [0.2, 0.25) is 0 Å². The molecule has 0 bridgehead atoms. The predicted molar refractivity (Wildman–Crippen MR) is 36.3 cm³/mol. The Kier molecular flexibility index (Phi) is 4.72. The van der Waals surface area contributed by atoms with Crippen molar-refractivity contribution in [1.29, 1.82) is 0 Å². The van der Waals surface area contributed by atoms with Crippen LogP contribution in [0.1, 0.15) is 26.2 Å². The van der Waals surface area contributed by atoms with Crippen LogP contribution in [0.25, 0.3) is 0 Å². The number of alkyl halides is 3. The molecule has 0 aromatic carbocycles. The van der Waals surface area contributed by atoms with E-state index in [1.165, 1.54) is 6.92 Å². The smallest absolute Gasteiger partial charge is 0.255 e. The van der Waals surface area contributed by atoms with Crippen LogP contribution in [0.5, 0.6) is 0 Å². The third-order valence-corrected chi connectivity index (χ3v) is 1.51. The van der Waals surface area contributed by atoms with Crippen molar-refractivity contribution >= 4 is 5.97 Å². The molecule has 0 rings (SSSR count). The van der Waals surface area contributed by atoms with Crippen LogP contribution < -0.4 is 0 Å². The Morgan fingerprint density at radius 2 is 2.00 bits per heavy atom. The minimum Gasteiger partial charge on any atom is -0.255 e. The molecule has 0 aliphatic rings. The average Bonchev–Trinajstić information content (AvgIpc) is 1.97. The Balaban J connectivity index is 3.63. The molecule has 0 aromatic heterocycles. The summed E-state index contributed by atoms with van der Waals surface area (Å²) in [7, 11) is 0. The van der Waals surface area contributed by atoms with Crippen LogP contribution in [0.3, 0.4) is 0 Å². The van der Waals surface area contributed by atoms with Gasteiger partial charge in [0.15, 0.2) is 0 Å². The Labute approximate surface area is 72.8 Å². The average molecular weight is 202 g/mol. The molecule has 2 nitrogen and oxygen atoms in total. The number of hydrogen-bond acceptors (Lipinski definition) is 2. The lowest BCUT2D eigenvalue weighted by Crippen LogP contribution is -2.14. The van der Waals surface area contributed by atoms with Crippen molar-refractivity contribution in [2.75, 3.05) is 0 Å². The van der Waals surface area contributed by atoms with Gasteiger partial charge in [-0.15, -0.1) is 0 Å². The first-order chi connectivity index (χ1) is 5.85. The largest absolute Gasteiger partial charge is 0.389 e. The fourth-order valence-electron chi connectivity index (χ4n) is 0.900. The normalized spacial score (nSPS) is 13.9. The first kappa shape index (κ1) is 12.2. The Morgan fingerprint density at radius 1 is 1.46 bits per heavy atom. The van der Waals surface area contributed by atoms with E-state index >= 15 is 0 Å². The minimum absolute atomic E-state index is 0.0255. The molecule has 78 valence electrons. The fraction of sp³-hybridized carbons (Fsp3) is 0.857. The van der Waals surface area contributed by atoms with Crippen molar-refractivity contribution in [3.63, 3.8) is 0 Å². The maximum absolute atomic E-state index is 11.7. The zero-order valence-corrected chi connectivity index (χ0v) is 7.03. The summed E-state index contributed by atoms with van der Waals surface area (Å²) in [6, 6.07) is 0. The molecule has 0 aromatic rings. The SMILES string of the molecule is CC(CCC(=O)OF)CC(F)(F)F. The van der Waals surface area contributed by atoms with Crippen LogP contribution in [-0.4, -0.2) is 12.1 Å². The first-order valence-corrected chi connectivity index (χ1v) is 3.73. The van der Waals surface area contributed by atoms with Crippen LogP contribution in [0.15, 0.2) is 0 Å². The molecule has 0 saturated heterocycles. The summed E-state index contributed by atoms with van der Waals surface area (Å²) in [5.74, 6) is -1.83. The summed E-state index contributed by atoms with van der Waals surface area (Å²) in [5, 5.41) is 0. The molecule has 13 heavy (non-hydrogen) atoms. The van der Waals surface area contributed by atoms with Crippen molar-refractivity contribution in [2.45, 2.75) is 32.4 Å². The summed E-state index contributed by atoms with van der Waals surface area (Å²) in [4.78, 5) is 13.0. The summed E-state index contributed by atoms with van der Waals surface area (Å²) < 4.78 is 46.3. The lowest BCUT2D eigenvalue weighted by molar-refractivity contribution is -0.184. The molecule has 0 aliphatic heterocycles. The number of hydrogen-bond donors (Lipinski definition) is 0. The van der Waals surface area contributed by atoms with Gasteiger partial charge in [0, 0.05) is 17.4 Å². The van der Waals surface area contributed by atoms with Gasteiger partial charge in [-0.2, -0.15) is 13.2 Å². The van der Waals surface area contributed by atoms with Gasteiger partial charge in [0.1, 0.15) is 0 Å². The highest BCUT2D eigenvalue weighted by molar-refractivity contribution is 5.68. The third-order valence-electron chi connectivity index (χ3n) is 1.51. The zero-order chi connectivity index (χ0) is 10.5. The van der Waals surface area contributed by atoms with Crippen molar-refractivity contribution in [3.8, 4) is 0 Å². The molecule has 1 atom stereocenters. The van der Waals surface area contributed by atoms with Crippen molar-refractivity contribution in [2.24, 2.45) is 5.92 Å². The summed E-state index contributed by atoms with van der Waals surface area (Å²) in [5.41, 5.74) is 0. The van der Waals surface area contributed by atoms with E-state index in [-0.39, 0.29) is 12.8 Å². The maximum atomic E-state index is 11.7. The van der Waals surface area contributed by atoms with Crippen molar-refractivity contribution in [3.05, 3.63) is 0 Å². The molecule has 0 amide bonds. The Morgan fingerprint density at radius 3 is 2.38 bits per heavy atom. The molecular weight excluding hydrogens is 192 g/mol. The van der Waals surface area contributed by atoms with Crippen LogP contribution >= 0.6 is 0 Å². The second-order valence-electron chi connectivity index (χ2n) is 2.91. The molecule has 0 N–H and O–H groups in total. The predicted octanol–water partition coefficient (Wildman–Crippen LogP) is 2.78. The molecule has 0 spiro atoms. The number of carbonyl (C=O) groups excluding carboxylic acids is 1. The maximum Gasteiger partial charge on any atom is 0.389 e. The highest BCUT2D eigenvalue weighted by Gasteiger charge is 2.29. The number of carbonyl (C=O) groups is 1. The molecule has 1 unspecified atom stereocenters. The van der Waals surface area contributed by atoms with Gasteiger partial charge in [0.05, 0.1) is 0 Å². The molecule has 0 radical (unpaired) electrons. The fourth-order valence-corrected chi connectivity index (χ4v) is 0.900. The Bertz CT molecular complexity index is 166. The lowest BCUT2D eigenvalue weighted by Gasteiger charge is -2.12. The van der Waals surface area contributed by atoms with Crippen LogP contribution in [-0.2, 0) is 9.74 Å². The zero-order valence-electron chi connectivity index (χ0n) is 7.03. The van der Waals surface area contributed by atoms with Gasteiger partial charge in [-0.1, -0.05) is 6.92 Å². The van der Waals surface area contributed by atoms with E-state index in [1.807, 2.05) is 0 Å². The summed E-state index contributed by atoms with van der Waals surface area (Å²) in [6.45, 7) is 1.35. The van der Waals surface area contributed by atoms with E-state index in [9.17, 15) is 22.5 Å². The van der Waals surface area contributed by atoms with Gasteiger partial charge in [-0.05, 0) is 12.3 Å². The quantitative estimate of drug-likeness (QED) is 0.655. The lowest BCUT2D eigenvalue weighted by atomic mass is 10.0. The summed E-state index contributed by atoms with van der Waals surface area (Å²) in [6.07, 6.45) is -5.55. The van der Waals surface area contributed by atoms with E-state index in [1.54, 1.807) is 0 Å². The van der Waals surface area contributed by atoms with Gasteiger partial charge in [0.2, 0.25) is 0 Å². The molecule has 0 fully saturated rings. The molecule has 0 saturated carbocycles. The van der Waals surface area contributed by atoms with E-state index in [4.69, 9.17) is 0 Å². The monoisotopic (exact) mass is 202 g/mol. The second kappa shape index (κ2) is 5.04. The van der Waals surface area contributed by atoms with Crippen LogP contribution in [0.4, 0.5) is 17.7 Å². The van der Waals surface area contributed by atoms with Crippen LogP contribution in [0, 0.1) is 5.92 Å². The topological polar surface area (TPSA) is 26.3 Å². The first-order valence-electron chi connectivity index (χ1n) is 3.73. The second-order valence-corrected chi connectivity index (χ2v) is 2.91.